The van der Waals surface area contributed by atoms with Crippen molar-refractivity contribution < 1.29 is 21.6 Å². The molecule has 0 spiro atoms. The summed E-state index contributed by atoms with van der Waals surface area (Å²) in [5, 5.41) is 0.868. The van der Waals surface area contributed by atoms with E-state index in [0.29, 0.717) is 27.2 Å². The van der Waals surface area contributed by atoms with Crippen LogP contribution in [0.5, 0.6) is 5.75 Å². The predicted molar refractivity (Wildman–Crippen MR) is 110 cm³/mol. The van der Waals surface area contributed by atoms with Crippen LogP contribution in [0.2, 0.25) is 5.02 Å². The third kappa shape index (κ3) is 4.89. The van der Waals surface area contributed by atoms with E-state index < -0.39 is 24.8 Å². The molecule has 0 unspecified atom stereocenters. The van der Waals surface area contributed by atoms with E-state index in [1.165, 1.54) is 19.3 Å². The van der Waals surface area contributed by atoms with Gasteiger partial charge in [-0.1, -0.05) is 29.8 Å². The molecule has 0 saturated carbocycles. The summed E-state index contributed by atoms with van der Waals surface area (Å²) in [6.45, 7) is 0. The molecule has 0 bridgehead atoms. The maximum Gasteiger partial charge on any atom is 0.194 e. The minimum atomic E-state index is -4.09. The second kappa shape index (κ2) is 7.90. The van der Waals surface area contributed by atoms with Gasteiger partial charge in [-0.05, 0) is 42.0 Å². The zero-order valence-electron chi connectivity index (χ0n) is 14.7. The van der Waals surface area contributed by atoms with Crippen LogP contribution in [0, 0.1) is 0 Å². The first-order valence-corrected chi connectivity index (χ1v) is 11.8. The Bertz CT molecular complexity index is 1250. The molecule has 0 aliphatic rings. The number of nitrogens with zero attached hydrogens (tertiary/aromatic N) is 1. The second-order valence-electron chi connectivity index (χ2n) is 5.98. The summed E-state index contributed by atoms with van der Waals surface area (Å²) in [7, 11) is -6.58. The number of sulfone groups is 2. The summed E-state index contributed by atoms with van der Waals surface area (Å²) in [5.74, 6) is 0.632. The smallest absolute Gasteiger partial charge is 0.194 e. The van der Waals surface area contributed by atoms with Crippen molar-refractivity contribution >= 4 is 48.3 Å². The number of pyridine rings is 1. The molecular weight excluding hydrogens is 422 g/mol. The van der Waals surface area contributed by atoms with E-state index in [0.717, 1.165) is 11.6 Å². The molecule has 0 radical (unpaired) electrons. The van der Waals surface area contributed by atoms with Crippen molar-refractivity contribution in [2.24, 2.45) is 0 Å². The minimum Gasteiger partial charge on any atom is -0.497 e. The van der Waals surface area contributed by atoms with Gasteiger partial charge in [0.2, 0.25) is 0 Å². The molecule has 0 aliphatic carbocycles. The van der Waals surface area contributed by atoms with Gasteiger partial charge < -0.3 is 4.74 Å². The second-order valence-corrected chi connectivity index (χ2v) is 10.7. The van der Waals surface area contributed by atoms with Crippen LogP contribution >= 0.6 is 11.6 Å². The highest BCUT2D eigenvalue weighted by molar-refractivity contribution is 8.09. The Morgan fingerprint density at radius 3 is 2.43 bits per heavy atom. The summed E-state index contributed by atoms with van der Waals surface area (Å²) in [6, 6.07) is 12.9. The molecule has 3 aromatic rings. The Hall–Kier alpha value is -2.42. The molecule has 0 saturated heterocycles. The Morgan fingerprint density at radius 2 is 1.75 bits per heavy atom. The zero-order chi connectivity index (χ0) is 20.4. The van der Waals surface area contributed by atoms with Crippen LogP contribution in [0.25, 0.3) is 17.0 Å². The van der Waals surface area contributed by atoms with Crippen LogP contribution in [0.15, 0.2) is 65.0 Å². The van der Waals surface area contributed by atoms with Gasteiger partial charge in [0, 0.05) is 22.0 Å². The van der Waals surface area contributed by atoms with Crippen LogP contribution in [0.4, 0.5) is 0 Å². The lowest BCUT2D eigenvalue weighted by atomic mass is 10.2. The number of hydrogen-bond donors (Lipinski definition) is 0. The lowest BCUT2D eigenvalue weighted by Gasteiger charge is -2.05. The number of hydrogen-bond acceptors (Lipinski definition) is 6. The molecule has 28 heavy (non-hydrogen) atoms. The van der Waals surface area contributed by atoms with Gasteiger partial charge >= 0.3 is 0 Å². The Balaban J connectivity index is 1.83. The molecule has 2 aromatic carbocycles. The van der Waals surface area contributed by atoms with E-state index in [4.69, 9.17) is 16.3 Å². The molecule has 0 amide bonds. The molecule has 9 heteroatoms. The third-order valence-electron chi connectivity index (χ3n) is 3.88. The van der Waals surface area contributed by atoms with Gasteiger partial charge in [-0.3, -0.25) is 4.98 Å². The highest BCUT2D eigenvalue weighted by Gasteiger charge is 2.23. The van der Waals surface area contributed by atoms with Gasteiger partial charge in [0.25, 0.3) is 0 Å². The standard InChI is InChI=1S/C19H16ClNO5S2/c1-26-17-6-2-14(3-7-17)8-9-27(22,23)13-28(24,25)18-10-15-4-5-16(20)11-19(15)21-12-18/h2-12H,13H2,1H3. The summed E-state index contributed by atoms with van der Waals surface area (Å²) in [6.07, 6.45) is 2.47. The lowest BCUT2D eigenvalue weighted by Crippen LogP contribution is -2.15. The first-order chi connectivity index (χ1) is 13.2. The predicted octanol–water partition coefficient (Wildman–Crippen LogP) is 3.71. The molecular formula is C19H16ClNO5S2. The molecule has 0 aliphatic heterocycles. The average molecular weight is 438 g/mol. The van der Waals surface area contributed by atoms with Crippen molar-refractivity contribution in [2.45, 2.75) is 4.90 Å². The van der Waals surface area contributed by atoms with Gasteiger partial charge in [-0.15, -0.1) is 0 Å². The monoisotopic (exact) mass is 437 g/mol. The Labute approximate surface area is 168 Å². The highest BCUT2D eigenvalue weighted by atomic mass is 35.5. The van der Waals surface area contributed by atoms with Crippen molar-refractivity contribution in [2.75, 3.05) is 12.2 Å². The van der Waals surface area contributed by atoms with Crippen LogP contribution in [0.1, 0.15) is 5.56 Å². The highest BCUT2D eigenvalue weighted by Crippen LogP contribution is 2.22. The van der Waals surface area contributed by atoms with Gasteiger partial charge in [-0.25, -0.2) is 16.8 Å². The molecule has 1 heterocycles. The van der Waals surface area contributed by atoms with Crippen molar-refractivity contribution in [3.8, 4) is 5.75 Å². The van der Waals surface area contributed by atoms with E-state index in [1.807, 2.05) is 0 Å². The van der Waals surface area contributed by atoms with Crippen molar-refractivity contribution in [1.29, 1.82) is 0 Å². The fourth-order valence-corrected chi connectivity index (χ4v) is 6.10. The van der Waals surface area contributed by atoms with E-state index >= 15 is 0 Å². The largest absolute Gasteiger partial charge is 0.497 e. The third-order valence-corrected chi connectivity index (χ3v) is 8.17. The van der Waals surface area contributed by atoms with Crippen LogP contribution in [-0.2, 0) is 19.7 Å². The molecule has 6 nitrogen and oxygen atoms in total. The number of methoxy groups -OCH3 is 1. The van der Waals surface area contributed by atoms with Crippen LogP contribution in [-0.4, -0.2) is 34.0 Å². The Morgan fingerprint density at radius 1 is 1.04 bits per heavy atom. The summed E-state index contributed by atoms with van der Waals surface area (Å²) in [5.41, 5.74) is 1.12. The lowest BCUT2D eigenvalue weighted by molar-refractivity contribution is 0.415. The SMILES string of the molecule is COc1ccc(C=CS(=O)(=O)CS(=O)(=O)c2cnc3cc(Cl)ccc3c2)cc1. The number of benzene rings is 2. The summed E-state index contributed by atoms with van der Waals surface area (Å²) in [4.78, 5) is 3.90. The topological polar surface area (TPSA) is 90.4 Å². The summed E-state index contributed by atoms with van der Waals surface area (Å²) >= 11 is 5.89. The van der Waals surface area contributed by atoms with Gasteiger partial charge in [0.1, 0.15) is 5.75 Å². The fourth-order valence-electron chi connectivity index (χ4n) is 2.47. The number of halogens is 1. The van der Waals surface area contributed by atoms with Gasteiger partial charge in [0.05, 0.1) is 17.5 Å². The van der Waals surface area contributed by atoms with E-state index in [-0.39, 0.29) is 4.90 Å². The average Bonchev–Trinajstić information content (AvgIpc) is 2.65. The number of rotatable bonds is 6. The fraction of sp³-hybridized carbons (Fsp3) is 0.105. The van der Waals surface area contributed by atoms with Crippen LogP contribution in [0.3, 0.4) is 0 Å². The summed E-state index contributed by atoms with van der Waals surface area (Å²) < 4.78 is 54.7. The first-order valence-electron chi connectivity index (χ1n) is 8.01. The van der Waals surface area contributed by atoms with Crippen molar-refractivity contribution in [3.05, 3.63) is 70.7 Å². The molecule has 0 fully saturated rings. The molecule has 0 atom stereocenters. The van der Waals surface area contributed by atoms with Crippen molar-refractivity contribution in [3.63, 3.8) is 0 Å². The normalized spacial score (nSPS) is 12.5. The molecule has 0 N–H and O–H groups in total. The van der Waals surface area contributed by atoms with E-state index in [9.17, 15) is 16.8 Å². The van der Waals surface area contributed by atoms with E-state index in [1.54, 1.807) is 42.5 Å². The molecule has 146 valence electrons. The van der Waals surface area contributed by atoms with Crippen LogP contribution < -0.4 is 4.74 Å². The van der Waals surface area contributed by atoms with Gasteiger partial charge in [-0.2, -0.15) is 0 Å². The maximum atomic E-state index is 12.6. The minimum absolute atomic E-state index is 0.163. The number of fused-ring (bicyclic) bond motifs is 1. The van der Waals surface area contributed by atoms with Gasteiger partial charge in [0.15, 0.2) is 24.8 Å². The maximum absolute atomic E-state index is 12.6. The Kier molecular flexibility index (Phi) is 5.74. The number of aromatic nitrogens is 1. The molecule has 3 rings (SSSR count). The van der Waals surface area contributed by atoms with Crippen molar-refractivity contribution in [1.82, 2.24) is 4.98 Å². The quantitative estimate of drug-likeness (QED) is 0.583. The number of ether oxygens (including phenoxy) is 1. The molecule has 1 aromatic heterocycles. The zero-order valence-corrected chi connectivity index (χ0v) is 17.1. The first kappa shape index (κ1) is 20.3. The van der Waals surface area contributed by atoms with E-state index in [2.05, 4.69) is 4.98 Å².